The first kappa shape index (κ1) is 11.4. The Morgan fingerprint density at radius 1 is 1.21 bits per heavy atom. The van der Waals surface area contributed by atoms with E-state index in [2.05, 4.69) is 29.8 Å². The van der Waals surface area contributed by atoms with Crippen molar-refractivity contribution in [3.8, 4) is 11.5 Å². The molecular formula is C11H15BrO2. The molecule has 78 valence electrons. The molecule has 0 amide bonds. The highest BCUT2D eigenvalue weighted by Gasteiger charge is 2.17. The van der Waals surface area contributed by atoms with Crippen LogP contribution in [0.25, 0.3) is 0 Å². The number of phenolic OH excluding ortho intramolecular Hbond substituents is 2. The van der Waals surface area contributed by atoms with E-state index in [1.54, 1.807) is 6.07 Å². The summed E-state index contributed by atoms with van der Waals surface area (Å²) in [5, 5.41) is 19.4. The van der Waals surface area contributed by atoms with Crippen molar-refractivity contribution >= 4 is 15.9 Å². The highest BCUT2D eigenvalue weighted by Crippen LogP contribution is 2.29. The van der Waals surface area contributed by atoms with Crippen LogP contribution in [0.5, 0.6) is 11.5 Å². The zero-order chi connectivity index (χ0) is 10.8. The Kier molecular flexibility index (Phi) is 3.43. The van der Waals surface area contributed by atoms with Crippen LogP contribution in [-0.4, -0.2) is 15.5 Å². The van der Waals surface area contributed by atoms with Gasteiger partial charge in [0.25, 0.3) is 0 Å². The minimum absolute atomic E-state index is 0.0483. The van der Waals surface area contributed by atoms with E-state index in [-0.39, 0.29) is 16.9 Å². The molecule has 3 heteroatoms. The van der Waals surface area contributed by atoms with Crippen molar-refractivity contribution in [2.45, 2.75) is 20.3 Å². The van der Waals surface area contributed by atoms with E-state index in [9.17, 15) is 5.11 Å². The molecule has 0 spiro atoms. The second kappa shape index (κ2) is 4.22. The fourth-order valence-corrected chi connectivity index (χ4v) is 1.48. The van der Waals surface area contributed by atoms with Crippen LogP contribution in [0, 0.1) is 5.41 Å². The number of alkyl halides is 1. The van der Waals surface area contributed by atoms with Gasteiger partial charge in [0.05, 0.1) is 0 Å². The summed E-state index contributed by atoms with van der Waals surface area (Å²) in [5.74, 6) is -0.113. The number of benzene rings is 1. The topological polar surface area (TPSA) is 40.5 Å². The summed E-state index contributed by atoms with van der Waals surface area (Å²) < 4.78 is 0. The Morgan fingerprint density at radius 3 is 2.36 bits per heavy atom. The Bertz CT molecular complexity index is 321. The van der Waals surface area contributed by atoms with E-state index < -0.39 is 0 Å². The average Bonchev–Trinajstić information content (AvgIpc) is 2.11. The van der Waals surface area contributed by atoms with Crippen LogP contribution in [0.1, 0.15) is 19.4 Å². The molecule has 1 aromatic rings. The maximum absolute atomic E-state index is 9.31. The molecule has 0 aliphatic rings. The van der Waals surface area contributed by atoms with Gasteiger partial charge in [0.15, 0.2) is 11.5 Å². The summed E-state index contributed by atoms with van der Waals surface area (Å²) in [6, 6.07) is 4.97. The zero-order valence-electron chi connectivity index (χ0n) is 8.42. The molecule has 0 bridgehead atoms. The number of hydrogen-bond acceptors (Lipinski definition) is 2. The predicted molar refractivity (Wildman–Crippen MR) is 61.1 cm³/mol. The molecule has 1 aromatic carbocycles. The van der Waals surface area contributed by atoms with Gasteiger partial charge in [0, 0.05) is 5.33 Å². The predicted octanol–water partition coefficient (Wildman–Crippen LogP) is 3.06. The van der Waals surface area contributed by atoms with Gasteiger partial charge >= 0.3 is 0 Å². The molecule has 0 fully saturated rings. The van der Waals surface area contributed by atoms with E-state index >= 15 is 0 Å². The van der Waals surface area contributed by atoms with Gasteiger partial charge in [-0.2, -0.15) is 0 Å². The van der Waals surface area contributed by atoms with Gasteiger partial charge in [-0.05, 0) is 29.5 Å². The lowest BCUT2D eigenvalue weighted by Crippen LogP contribution is -2.16. The van der Waals surface area contributed by atoms with Crippen LogP contribution in [0.3, 0.4) is 0 Å². The average molecular weight is 259 g/mol. The molecule has 0 saturated carbocycles. The van der Waals surface area contributed by atoms with Gasteiger partial charge in [-0.25, -0.2) is 0 Å². The molecule has 14 heavy (non-hydrogen) atoms. The Hall–Kier alpha value is -0.700. The maximum Gasteiger partial charge on any atom is 0.157 e. The van der Waals surface area contributed by atoms with Crippen LogP contribution in [0.4, 0.5) is 0 Å². The van der Waals surface area contributed by atoms with Gasteiger partial charge < -0.3 is 10.2 Å². The van der Waals surface area contributed by atoms with Crippen molar-refractivity contribution in [2.75, 3.05) is 5.33 Å². The molecule has 0 aliphatic carbocycles. The fraction of sp³-hybridized carbons (Fsp3) is 0.455. The molecule has 0 atom stereocenters. The van der Waals surface area contributed by atoms with Crippen molar-refractivity contribution in [1.82, 2.24) is 0 Å². The third-order valence-electron chi connectivity index (χ3n) is 2.08. The monoisotopic (exact) mass is 258 g/mol. The summed E-state index contributed by atoms with van der Waals surface area (Å²) in [5.41, 5.74) is 1.19. The summed E-state index contributed by atoms with van der Waals surface area (Å²) in [6.45, 7) is 4.29. The lowest BCUT2D eigenvalue weighted by atomic mass is 9.88. The van der Waals surface area contributed by atoms with Gasteiger partial charge in [0.1, 0.15) is 0 Å². The molecule has 0 aromatic heterocycles. The second-order valence-corrected chi connectivity index (χ2v) is 4.86. The summed E-state index contributed by atoms with van der Waals surface area (Å²) in [7, 11) is 0. The first-order valence-corrected chi connectivity index (χ1v) is 5.63. The number of hydrogen-bond donors (Lipinski definition) is 2. The maximum atomic E-state index is 9.31. The van der Waals surface area contributed by atoms with Gasteiger partial charge in [-0.15, -0.1) is 0 Å². The first-order chi connectivity index (χ1) is 6.44. The summed E-state index contributed by atoms with van der Waals surface area (Å²) >= 11 is 3.45. The van der Waals surface area contributed by atoms with Crippen LogP contribution in [0.15, 0.2) is 18.2 Å². The molecule has 1 rings (SSSR count). The Labute approximate surface area is 92.7 Å². The smallest absolute Gasteiger partial charge is 0.157 e. The normalized spacial score (nSPS) is 11.6. The molecule has 0 radical (unpaired) electrons. The quantitative estimate of drug-likeness (QED) is 0.647. The third-order valence-corrected chi connectivity index (χ3v) is 3.60. The molecule has 2 N–H and O–H groups in total. The van der Waals surface area contributed by atoms with Crippen molar-refractivity contribution in [3.05, 3.63) is 23.8 Å². The highest BCUT2D eigenvalue weighted by molar-refractivity contribution is 9.09. The summed E-state index contributed by atoms with van der Waals surface area (Å²) in [6.07, 6.45) is 0.867. The number of rotatable bonds is 3. The minimum atomic E-state index is -0.0644. The highest BCUT2D eigenvalue weighted by atomic mass is 79.9. The van der Waals surface area contributed by atoms with Gasteiger partial charge in [-0.3, -0.25) is 0 Å². The van der Waals surface area contributed by atoms with Crippen molar-refractivity contribution in [2.24, 2.45) is 5.41 Å². The lowest BCUT2D eigenvalue weighted by molar-refractivity contribution is 0.398. The second-order valence-electron chi connectivity index (χ2n) is 4.30. The van der Waals surface area contributed by atoms with Crippen LogP contribution in [-0.2, 0) is 6.42 Å². The van der Waals surface area contributed by atoms with Crippen LogP contribution >= 0.6 is 15.9 Å². The number of halogens is 1. The summed E-state index contributed by atoms with van der Waals surface area (Å²) in [4.78, 5) is 0. The fourth-order valence-electron chi connectivity index (χ4n) is 1.28. The first-order valence-electron chi connectivity index (χ1n) is 4.51. The van der Waals surface area contributed by atoms with E-state index in [0.29, 0.717) is 0 Å². The minimum Gasteiger partial charge on any atom is -0.504 e. The Balaban J connectivity index is 2.83. The van der Waals surface area contributed by atoms with E-state index in [4.69, 9.17) is 5.11 Å². The van der Waals surface area contributed by atoms with Crippen molar-refractivity contribution in [1.29, 1.82) is 0 Å². The molecule has 0 unspecified atom stereocenters. The molecule has 0 saturated heterocycles. The molecule has 2 nitrogen and oxygen atoms in total. The lowest BCUT2D eigenvalue weighted by Gasteiger charge is -2.21. The zero-order valence-corrected chi connectivity index (χ0v) is 10.0. The number of phenols is 2. The molecular weight excluding hydrogens is 244 g/mol. The Morgan fingerprint density at radius 2 is 1.86 bits per heavy atom. The number of aromatic hydroxyl groups is 2. The largest absolute Gasteiger partial charge is 0.504 e. The molecule has 0 aliphatic heterocycles. The SMILES string of the molecule is CC(C)(CBr)Cc1ccc(O)c(O)c1. The van der Waals surface area contributed by atoms with Gasteiger partial charge in [0.2, 0.25) is 0 Å². The van der Waals surface area contributed by atoms with Gasteiger partial charge in [-0.1, -0.05) is 35.8 Å². The van der Waals surface area contributed by atoms with Crippen LogP contribution < -0.4 is 0 Å². The van der Waals surface area contributed by atoms with E-state index in [0.717, 1.165) is 17.3 Å². The van der Waals surface area contributed by atoms with Crippen LogP contribution in [0.2, 0.25) is 0 Å². The van der Waals surface area contributed by atoms with E-state index in [1.807, 2.05) is 6.07 Å². The van der Waals surface area contributed by atoms with Crippen molar-refractivity contribution in [3.63, 3.8) is 0 Å². The molecule has 0 heterocycles. The van der Waals surface area contributed by atoms with Crippen molar-refractivity contribution < 1.29 is 10.2 Å². The standard InChI is InChI=1S/C11H15BrO2/c1-11(2,7-12)6-8-3-4-9(13)10(14)5-8/h3-5,13-14H,6-7H2,1-2H3. The third kappa shape index (κ3) is 2.91. The van der Waals surface area contributed by atoms with E-state index in [1.165, 1.54) is 6.07 Å².